The summed E-state index contributed by atoms with van der Waals surface area (Å²) in [6, 6.07) is 8.58. The van der Waals surface area contributed by atoms with Crippen LogP contribution in [0.4, 0.5) is 0 Å². The molecule has 4 heteroatoms. The van der Waals surface area contributed by atoms with E-state index in [1.807, 2.05) is 0 Å². The molecule has 0 spiro atoms. The fourth-order valence-electron chi connectivity index (χ4n) is 2.58. The fraction of sp³-hybridized carbons (Fsp3) is 0.562. The second kappa shape index (κ2) is 8.02. The number of nitrogens with zero attached hydrogens (tertiary/aromatic N) is 1. The van der Waals surface area contributed by atoms with Crippen LogP contribution in [0.25, 0.3) is 0 Å². The number of ether oxygens (including phenoxy) is 1. The van der Waals surface area contributed by atoms with E-state index in [0.29, 0.717) is 19.7 Å². The van der Waals surface area contributed by atoms with Crippen LogP contribution in [0.15, 0.2) is 24.3 Å². The zero-order valence-electron chi connectivity index (χ0n) is 12.2. The van der Waals surface area contributed by atoms with Gasteiger partial charge in [-0.2, -0.15) is 0 Å². The second-order valence-electron chi connectivity index (χ2n) is 5.24. The van der Waals surface area contributed by atoms with Crippen molar-refractivity contribution >= 4 is 5.91 Å². The number of carbonyl (C=O) groups excluding carboxylic acids is 1. The topological polar surface area (TPSA) is 41.6 Å². The average Bonchev–Trinajstić information content (AvgIpc) is 2.67. The molecule has 0 saturated heterocycles. The van der Waals surface area contributed by atoms with Gasteiger partial charge < -0.3 is 10.1 Å². The highest BCUT2D eigenvalue weighted by atomic mass is 16.5. The molecule has 0 radical (unpaired) electrons. The first kappa shape index (κ1) is 15.0. The number of rotatable bonds is 6. The first-order chi connectivity index (χ1) is 9.79. The molecule has 1 amide bonds. The Hall–Kier alpha value is -1.39. The normalized spacial score (nSPS) is 15.4. The van der Waals surface area contributed by atoms with Gasteiger partial charge >= 0.3 is 0 Å². The second-order valence-corrected chi connectivity index (χ2v) is 5.24. The van der Waals surface area contributed by atoms with Gasteiger partial charge in [0.05, 0.1) is 6.54 Å². The van der Waals surface area contributed by atoms with E-state index in [1.54, 1.807) is 7.11 Å². The van der Waals surface area contributed by atoms with Crippen LogP contribution < -0.4 is 5.32 Å². The van der Waals surface area contributed by atoms with Gasteiger partial charge in [-0.15, -0.1) is 0 Å². The van der Waals surface area contributed by atoms with Crippen molar-refractivity contribution in [3.8, 4) is 0 Å². The molecule has 1 heterocycles. The van der Waals surface area contributed by atoms with Crippen molar-refractivity contribution in [2.24, 2.45) is 0 Å². The zero-order chi connectivity index (χ0) is 14.2. The van der Waals surface area contributed by atoms with Crippen LogP contribution in [0.2, 0.25) is 0 Å². The first-order valence-corrected chi connectivity index (χ1v) is 7.34. The third-order valence-corrected chi connectivity index (χ3v) is 3.73. The minimum Gasteiger partial charge on any atom is -0.385 e. The van der Waals surface area contributed by atoms with Crippen molar-refractivity contribution in [1.29, 1.82) is 0 Å². The number of methoxy groups -OCH3 is 1. The van der Waals surface area contributed by atoms with Crippen molar-refractivity contribution in [3.05, 3.63) is 35.4 Å². The molecule has 1 aromatic rings. The third-order valence-electron chi connectivity index (χ3n) is 3.73. The molecule has 1 aliphatic heterocycles. The predicted molar refractivity (Wildman–Crippen MR) is 79.8 cm³/mol. The molecule has 0 unspecified atom stereocenters. The van der Waals surface area contributed by atoms with E-state index in [2.05, 4.69) is 34.5 Å². The molecule has 0 atom stereocenters. The Morgan fingerprint density at radius 3 is 2.50 bits per heavy atom. The minimum absolute atomic E-state index is 0.118. The van der Waals surface area contributed by atoms with E-state index in [1.165, 1.54) is 11.1 Å². The maximum atomic E-state index is 11.9. The van der Waals surface area contributed by atoms with Crippen LogP contribution in [-0.2, 0) is 22.4 Å². The van der Waals surface area contributed by atoms with Gasteiger partial charge in [-0.3, -0.25) is 9.69 Å². The molecule has 1 aliphatic rings. The molecule has 20 heavy (non-hydrogen) atoms. The Morgan fingerprint density at radius 1 is 1.25 bits per heavy atom. The Kier molecular flexibility index (Phi) is 6.02. The van der Waals surface area contributed by atoms with E-state index >= 15 is 0 Å². The van der Waals surface area contributed by atoms with Crippen molar-refractivity contribution in [2.45, 2.75) is 19.3 Å². The number of nitrogens with one attached hydrogen (secondary N) is 1. The molecular weight excluding hydrogens is 252 g/mol. The quantitative estimate of drug-likeness (QED) is 0.795. The van der Waals surface area contributed by atoms with E-state index in [9.17, 15) is 4.79 Å². The Bertz CT molecular complexity index is 407. The van der Waals surface area contributed by atoms with Gasteiger partial charge in [0.25, 0.3) is 0 Å². The summed E-state index contributed by atoms with van der Waals surface area (Å²) in [4.78, 5) is 14.1. The molecule has 0 saturated carbocycles. The molecule has 1 aromatic carbocycles. The van der Waals surface area contributed by atoms with E-state index in [4.69, 9.17) is 4.74 Å². The van der Waals surface area contributed by atoms with Gasteiger partial charge in [0.1, 0.15) is 0 Å². The molecular formula is C16H24N2O2. The summed E-state index contributed by atoms with van der Waals surface area (Å²) in [5.41, 5.74) is 2.85. The van der Waals surface area contributed by atoms with Gasteiger partial charge in [-0.05, 0) is 30.4 Å². The highest BCUT2D eigenvalue weighted by Gasteiger charge is 2.15. The van der Waals surface area contributed by atoms with Crippen molar-refractivity contribution in [2.75, 3.05) is 39.9 Å². The van der Waals surface area contributed by atoms with Gasteiger partial charge in [-0.25, -0.2) is 0 Å². The summed E-state index contributed by atoms with van der Waals surface area (Å²) in [7, 11) is 1.68. The van der Waals surface area contributed by atoms with Crippen LogP contribution in [0.1, 0.15) is 17.5 Å². The predicted octanol–water partition coefficient (Wildman–Crippen LogP) is 1.24. The van der Waals surface area contributed by atoms with Gasteiger partial charge in [0.2, 0.25) is 5.91 Å². The first-order valence-electron chi connectivity index (χ1n) is 7.34. The van der Waals surface area contributed by atoms with E-state index in [-0.39, 0.29) is 5.91 Å². The molecule has 0 aliphatic carbocycles. The lowest BCUT2D eigenvalue weighted by Crippen LogP contribution is -2.39. The number of amides is 1. The molecule has 1 N–H and O–H groups in total. The summed E-state index contributed by atoms with van der Waals surface area (Å²) in [6.07, 6.45) is 2.94. The van der Waals surface area contributed by atoms with Gasteiger partial charge in [0.15, 0.2) is 0 Å². The molecule has 2 rings (SSSR count). The highest BCUT2D eigenvalue weighted by Crippen LogP contribution is 2.15. The molecule has 0 aromatic heterocycles. The SMILES string of the molecule is COCCCNC(=O)CN1CCc2ccccc2CC1. The lowest BCUT2D eigenvalue weighted by molar-refractivity contribution is -0.122. The number of hydrogen-bond acceptors (Lipinski definition) is 3. The fourth-order valence-corrected chi connectivity index (χ4v) is 2.58. The lowest BCUT2D eigenvalue weighted by atomic mass is 10.0. The Labute approximate surface area is 121 Å². The molecule has 0 bridgehead atoms. The number of carbonyl (C=O) groups is 1. The third kappa shape index (κ3) is 4.62. The van der Waals surface area contributed by atoms with Gasteiger partial charge in [0, 0.05) is 33.4 Å². The van der Waals surface area contributed by atoms with E-state index in [0.717, 1.165) is 32.4 Å². The van der Waals surface area contributed by atoms with Crippen LogP contribution in [0, 0.1) is 0 Å². The molecule has 4 nitrogen and oxygen atoms in total. The maximum Gasteiger partial charge on any atom is 0.234 e. The minimum atomic E-state index is 0.118. The van der Waals surface area contributed by atoms with E-state index < -0.39 is 0 Å². The average molecular weight is 276 g/mol. The summed E-state index contributed by atoms with van der Waals surface area (Å²) in [5.74, 6) is 0.118. The molecule has 0 fully saturated rings. The van der Waals surface area contributed by atoms with Crippen molar-refractivity contribution in [1.82, 2.24) is 10.2 Å². The number of hydrogen-bond donors (Lipinski definition) is 1. The Morgan fingerprint density at radius 2 is 1.90 bits per heavy atom. The Balaban J connectivity index is 1.74. The summed E-state index contributed by atoms with van der Waals surface area (Å²) >= 11 is 0. The maximum absolute atomic E-state index is 11.9. The van der Waals surface area contributed by atoms with Crippen molar-refractivity contribution in [3.63, 3.8) is 0 Å². The zero-order valence-corrected chi connectivity index (χ0v) is 12.2. The number of benzene rings is 1. The summed E-state index contributed by atoms with van der Waals surface area (Å²) in [6.45, 7) is 3.81. The standard InChI is InChI=1S/C16H24N2O2/c1-20-12-4-9-17-16(19)13-18-10-7-14-5-2-3-6-15(14)8-11-18/h2-3,5-6H,4,7-13H2,1H3,(H,17,19). The highest BCUT2D eigenvalue weighted by molar-refractivity contribution is 5.77. The van der Waals surface area contributed by atoms with Gasteiger partial charge in [-0.1, -0.05) is 24.3 Å². The largest absolute Gasteiger partial charge is 0.385 e. The number of fused-ring (bicyclic) bond motifs is 1. The van der Waals surface area contributed by atoms with Crippen LogP contribution in [0.3, 0.4) is 0 Å². The van der Waals surface area contributed by atoms with Crippen LogP contribution in [-0.4, -0.2) is 50.7 Å². The van der Waals surface area contributed by atoms with Crippen LogP contribution >= 0.6 is 0 Å². The van der Waals surface area contributed by atoms with Crippen molar-refractivity contribution < 1.29 is 9.53 Å². The van der Waals surface area contributed by atoms with Crippen LogP contribution in [0.5, 0.6) is 0 Å². The monoisotopic (exact) mass is 276 g/mol. The summed E-state index contributed by atoms with van der Waals surface area (Å²) < 4.78 is 4.96. The molecule has 110 valence electrons. The summed E-state index contributed by atoms with van der Waals surface area (Å²) in [5, 5.41) is 2.95. The smallest absolute Gasteiger partial charge is 0.234 e. The lowest BCUT2D eigenvalue weighted by Gasteiger charge is -2.19.